The lowest BCUT2D eigenvalue weighted by molar-refractivity contribution is -0.118. The Morgan fingerprint density at radius 3 is 3.11 bits per heavy atom. The number of rotatable bonds is 3. The molecule has 3 aliphatic heterocycles. The molecule has 1 aromatic carbocycles. The van der Waals surface area contributed by atoms with Crippen molar-refractivity contribution in [2.75, 3.05) is 13.2 Å². The monoisotopic (exact) mass is 385 g/mol. The predicted octanol–water partition coefficient (Wildman–Crippen LogP) is 1.94. The number of hydrazine groups is 1. The van der Waals surface area contributed by atoms with Gasteiger partial charge in [0, 0.05) is 24.9 Å². The second-order valence-electron chi connectivity index (χ2n) is 7.05. The van der Waals surface area contributed by atoms with Crippen LogP contribution in [0.25, 0.3) is 0 Å². The van der Waals surface area contributed by atoms with E-state index in [1.807, 2.05) is 6.20 Å². The average Bonchev–Trinajstić information content (AvgIpc) is 3.12. The molecule has 0 saturated carbocycles. The number of halogens is 1. The van der Waals surface area contributed by atoms with E-state index in [9.17, 15) is 9.18 Å². The second-order valence-corrected chi connectivity index (χ2v) is 7.05. The molecule has 0 saturated heterocycles. The van der Waals surface area contributed by atoms with Crippen molar-refractivity contribution in [2.45, 2.75) is 38.8 Å². The number of carbonyl (C=O) groups excluding carboxylic acids is 1. The molecule has 3 aliphatic rings. The van der Waals surface area contributed by atoms with Crippen molar-refractivity contribution in [3.63, 3.8) is 0 Å². The van der Waals surface area contributed by atoms with Gasteiger partial charge in [0.15, 0.2) is 5.82 Å². The fourth-order valence-corrected chi connectivity index (χ4v) is 3.41. The Labute approximate surface area is 163 Å². The molecule has 28 heavy (non-hydrogen) atoms. The van der Waals surface area contributed by atoms with Gasteiger partial charge in [0.2, 0.25) is 0 Å². The van der Waals surface area contributed by atoms with Gasteiger partial charge in [0.1, 0.15) is 24.0 Å². The van der Waals surface area contributed by atoms with Crippen molar-refractivity contribution in [3.05, 3.63) is 53.2 Å². The van der Waals surface area contributed by atoms with Crippen molar-refractivity contribution in [1.29, 1.82) is 0 Å². The van der Waals surface area contributed by atoms with Crippen LogP contribution in [0.2, 0.25) is 0 Å². The lowest BCUT2D eigenvalue weighted by atomic mass is 10.1. The molecule has 2 bridgehead atoms. The molecule has 0 aromatic heterocycles. The summed E-state index contributed by atoms with van der Waals surface area (Å²) < 4.78 is 19.8. The number of unbranched alkanes of at least 4 members (excludes halogenated alkanes) is 1. The van der Waals surface area contributed by atoms with Crippen LogP contribution in [0.4, 0.5) is 4.39 Å². The quantitative estimate of drug-likeness (QED) is 0.741. The SMILES string of the molecule is CCCCC1COc2ccc(F)cc2CNC2=NC3=C(CNN3C=C2)C(=O)N1. The zero-order chi connectivity index (χ0) is 19.5. The van der Waals surface area contributed by atoms with E-state index in [0.717, 1.165) is 19.3 Å². The molecule has 3 heterocycles. The molecule has 3 N–H and O–H groups in total. The molecular weight excluding hydrogens is 361 g/mol. The van der Waals surface area contributed by atoms with Crippen LogP contribution in [0.5, 0.6) is 5.75 Å². The third kappa shape index (κ3) is 3.87. The van der Waals surface area contributed by atoms with Crippen LogP contribution >= 0.6 is 0 Å². The Balaban J connectivity index is 1.68. The van der Waals surface area contributed by atoms with Crippen molar-refractivity contribution in [1.82, 2.24) is 21.1 Å². The van der Waals surface area contributed by atoms with Gasteiger partial charge in [-0.05, 0) is 30.7 Å². The summed E-state index contributed by atoms with van der Waals surface area (Å²) >= 11 is 0. The van der Waals surface area contributed by atoms with Crippen molar-refractivity contribution in [3.8, 4) is 5.75 Å². The number of fused-ring (bicyclic) bond motifs is 1. The predicted molar refractivity (Wildman–Crippen MR) is 104 cm³/mol. The third-order valence-corrected chi connectivity index (χ3v) is 4.97. The maximum absolute atomic E-state index is 13.8. The normalized spacial score (nSPS) is 21.5. The Hall–Kier alpha value is -2.87. The molecule has 148 valence electrons. The van der Waals surface area contributed by atoms with Gasteiger partial charge in [-0.15, -0.1) is 0 Å². The molecule has 1 amide bonds. The largest absolute Gasteiger partial charge is 0.491 e. The number of amidine groups is 1. The number of carbonyl (C=O) groups is 1. The highest BCUT2D eigenvalue weighted by atomic mass is 19.1. The van der Waals surface area contributed by atoms with E-state index < -0.39 is 0 Å². The highest BCUT2D eigenvalue weighted by Crippen LogP contribution is 2.23. The molecule has 0 fully saturated rings. The summed E-state index contributed by atoms with van der Waals surface area (Å²) in [5, 5.41) is 8.03. The summed E-state index contributed by atoms with van der Waals surface area (Å²) in [4.78, 5) is 17.5. The first-order valence-corrected chi connectivity index (χ1v) is 9.63. The van der Waals surface area contributed by atoms with E-state index in [1.54, 1.807) is 17.2 Å². The Bertz CT molecular complexity index is 864. The molecular formula is C20H24FN5O2. The molecule has 1 unspecified atom stereocenters. The van der Waals surface area contributed by atoms with Gasteiger partial charge < -0.3 is 15.4 Å². The van der Waals surface area contributed by atoms with E-state index >= 15 is 0 Å². The van der Waals surface area contributed by atoms with Gasteiger partial charge in [-0.2, -0.15) is 0 Å². The molecule has 0 radical (unpaired) electrons. The zero-order valence-electron chi connectivity index (χ0n) is 15.8. The summed E-state index contributed by atoms with van der Waals surface area (Å²) in [7, 11) is 0. The third-order valence-electron chi connectivity index (χ3n) is 4.97. The van der Waals surface area contributed by atoms with Gasteiger partial charge in [-0.25, -0.2) is 14.8 Å². The Morgan fingerprint density at radius 2 is 2.25 bits per heavy atom. The number of hydrogen-bond acceptors (Lipinski definition) is 6. The van der Waals surface area contributed by atoms with E-state index in [2.05, 4.69) is 28.0 Å². The van der Waals surface area contributed by atoms with E-state index in [0.29, 0.717) is 48.2 Å². The summed E-state index contributed by atoms with van der Waals surface area (Å²) in [6.45, 7) is 3.22. The fourth-order valence-electron chi connectivity index (χ4n) is 3.41. The fraction of sp³-hybridized carbons (Fsp3) is 0.400. The topological polar surface area (TPSA) is 78.0 Å². The first-order chi connectivity index (χ1) is 13.6. The number of amides is 1. The van der Waals surface area contributed by atoms with Crippen LogP contribution in [0.3, 0.4) is 0 Å². The summed E-state index contributed by atoms with van der Waals surface area (Å²) in [6, 6.07) is 4.34. The number of nitrogens with one attached hydrogen (secondary N) is 3. The summed E-state index contributed by atoms with van der Waals surface area (Å²) in [6.07, 6.45) is 6.45. The van der Waals surface area contributed by atoms with Gasteiger partial charge in [0.05, 0.1) is 11.6 Å². The smallest absolute Gasteiger partial charge is 0.252 e. The Morgan fingerprint density at radius 1 is 1.36 bits per heavy atom. The van der Waals surface area contributed by atoms with E-state index in [1.165, 1.54) is 12.1 Å². The van der Waals surface area contributed by atoms with E-state index in [4.69, 9.17) is 4.74 Å². The number of benzene rings is 1. The van der Waals surface area contributed by atoms with Gasteiger partial charge in [0.25, 0.3) is 5.91 Å². The molecule has 0 aliphatic carbocycles. The van der Waals surface area contributed by atoms with Crippen LogP contribution < -0.4 is 20.8 Å². The van der Waals surface area contributed by atoms with Crippen LogP contribution in [0, 0.1) is 5.82 Å². The summed E-state index contributed by atoms with van der Waals surface area (Å²) in [5.74, 6) is 1.33. The first-order valence-electron chi connectivity index (χ1n) is 9.63. The lowest BCUT2D eigenvalue weighted by Crippen LogP contribution is -2.40. The maximum atomic E-state index is 13.8. The molecule has 1 aromatic rings. The van der Waals surface area contributed by atoms with Crippen LogP contribution in [0.15, 0.2) is 46.9 Å². The molecule has 4 rings (SSSR count). The summed E-state index contributed by atoms with van der Waals surface area (Å²) in [5.41, 5.74) is 4.43. The lowest BCUT2D eigenvalue weighted by Gasteiger charge is -2.20. The van der Waals surface area contributed by atoms with Gasteiger partial charge in [-0.3, -0.25) is 9.80 Å². The van der Waals surface area contributed by atoms with Crippen molar-refractivity contribution in [2.24, 2.45) is 4.99 Å². The number of aliphatic imine (C=N–C) groups is 1. The van der Waals surface area contributed by atoms with Crippen LogP contribution in [-0.2, 0) is 11.3 Å². The number of hydrogen-bond donors (Lipinski definition) is 3. The van der Waals surface area contributed by atoms with Crippen molar-refractivity contribution < 1.29 is 13.9 Å². The minimum atomic E-state index is -0.318. The highest BCUT2D eigenvalue weighted by Gasteiger charge is 2.29. The maximum Gasteiger partial charge on any atom is 0.252 e. The zero-order valence-corrected chi connectivity index (χ0v) is 15.8. The van der Waals surface area contributed by atoms with E-state index in [-0.39, 0.29) is 17.8 Å². The molecule has 1 atom stereocenters. The average molecular weight is 385 g/mol. The molecule has 7 nitrogen and oxygen atoms in total. The highest BCUT2D eigenvalue weighted by molar-refractivity contribution is 5.98. The second kappa shape index (κ2) is 8.02. The molecule has 0 spiro atoms. The minimum Gasteiger partial charge on any atom is -0.491 e. The van der Waals surface area contributed by atoms with Gasteiger partial charge in [-0.1, -0.05) is 19.8 Å². The standard InChI is InChI=1S/C20H24FN5O2/c1-2-3-4-15-12-28-17-6-5-14(21)9-13(17)10-22-18-7-8-26-19(25-18)16(11-23-26)20(27)24-15/h5-9,15,23H,2-4,10-12H2,1H3,(H,22,25)(H,24,27). The van der Waals surface area contributed by atoms with Crippen LogP contribution in [0.1, 0.15) is 31.7 Å². The number of ether oxygens (including phenoxy) is 1. The van der Waals surface area contributed by atoms with Crippen LogP contribution in [-0.4, -0.2) is 35.9 Å². The first kappa shape index (κ1) is 18.5. The Kier molecular flexibility index (Phi) is 5.29. The van der Waals surface area contributed by atoms with Crippen molar-refractivity contribution >= 4 is 11.7 Å². The molecule has 8 heteroatoms. The minimum absolute atomic E-state index is 0.135. The van der Waals surface area contributed by atoms with Gasteiger partial charge >= 0.3 is 0 Å². The number of nitrogens with zero attached hydrogens (tertiary/aromatic N) is 2.